The molecule has 0 spiro atoms. The largest absolute Gasteiger partial charge is 0.479 e. The standard InChI is InChI=1S/C22H25NO4/c1-4-9-16-13-18-19(15-11-7-6-8-12-15)23-27-21(18)17(10-5-2)20(16)26-14(3)22(24)25/h6-8,11-14H,4-5,9-10H2,1-3H3,(H,24,25). The van der Waals surface area contributed by atoms with Crippen LogP contribution >= 0.6 is 0 Å². The lowest BCUT2D eigenvalue weighted by Gasteiger charge is -2.18. The molecule has 0 amide bonds. The van der Waals surface area contributed by atoms with Gasteiger partial charge in [0.05, 0.1) is 5.39 Å². The Bertz CT molecular complexity index is 930. The third kappa shape index (κ3) is 3.82. The summed E-state index contributed by atoms with van der Waals surface area (Å²) in [6, 6.07) is 12.0. The van der Waals surface area contributed by atoms with E-state index in [2.05, 4.69) is 19.0 Å². The Morgan fingerprint density at radius 3 is 2.52 bits per heavy atom. The van der Waals surface area contributed by atoms with Gasteiger partial charge < -0.3 is 14.4 Å². The average molecular weight is 367 g/mol. The molecule has 1 N–H and O–H groups in total. The maximum atomic E-state index is 11.3. The third-order valence-corrected chi connectivity index (χ3v) is 4.60. The van der Waals surface area contributed by atoms with Crippen LogP contribution < -0.4 is 4.74 Å². The van der Waals surface area contributed by atoms with Crippen LogP contribution in [0.4, 0.5) is 0 Å². The van der Waals surface area contributed by atoms with Gasteiger partial charge in [0.25, 0.3) is 0 Å². The van der Waals surface area contributed by atoms with Crippen molar-refractivity contribution in [2.24, 2.45) is 0 Å². The number of carboxylic acid groups (broad SMARTS) is 1. The molecule has 142 valence electrons. The molecule has 0 aliphatic heterocycles. The van der Waals surface area contributed by atoms with Crippen LogP contribution in [0.3, 0.4) is 0 Å². The molecular weight excluding hydrogens is 342 g/mol. The number of aliphatic carboxylic acids is 1. The second kappa shape index (κ2) is 8.25. The molecule has 5 nitrogen and oxygen atoms in total. The van der Waals surface area contributed by atoms with Gasteiger partial charge in [-0.05, 0) is 31.4 Å². The summed E-state index contributed by atoms with van der Waals surface area (Å²) in [6.07, 6.45) is 2.43. The summed E-state index contributed by atoms with van der Waals surface area (Å²) in [5, 5.41) is 14.6. The van der Waals surface area contributed by atoms with Gasteiger partial charge in [0.2, 0.25) is 0 Å². The first kappa shape index (κ1) is 19.0. The minimum atomic E-state index is -0.984. The summed E-state index contributed by atoms with van der Waals surface area (Å²) >= 11 is 0. The number of aryl methyl sites for hydroxylation is 2. The first-order valence-corrected chi connectivity index (χ1v) is 9.45. The molecule has 0 radical (unpaired) electrons. The van der Waals surface area contributed by atoms with Crippen molar-refractivity contribution < 1.29 is 19.2 Å². The molecule has 3 rings (SSSR count). The molecular formula is C22H25NO4. The highest BCUT2D eigenvalue weighted by atomic mass is 16.5. The van der Waals surface area contributed by atoms with Gasteiger partial charge in [-0.25, -0.2) is 4.79 Å². The second-order valence-corrected chi connectivity index (χ2v) is 6.72. The molecule has 2 aromatic carbocycles. The quantitative estimate of drug-likeness (QED) is 0.588. The van der Waals surface area contributed by atoms with Gasteiger partial charge in [-0.1, -0.05) is 62.2 Å². The minimum absolute atomic E-state index is 0.636. The van der Waals surface area contributed by atoms with Crippen molar-refractivity contribution in [3.8, 4) is 17.0 Å². The van der Waals surface area contributed by atoms with Crippen LogP contribution in [0.5, 0.6) is 5.75 Å². The highest BCUT2D eigenvalue weighted by molar-refractivity contribution is 5.95. The fourth-order valence-corrected chi connectivity index (χ4v) is 3.30. The number of hydrogen-bond donors (Lipinski definition) is 1. The lowest BCUT2D eigenvalue weighted by Crippen LogP contribution is -2.24. The molecule has 1 aromatic heterocycles. The Labute approximate surface area is 158 Å². The maximum absolute atomic E-state index is 11.3. The van der Waals surface area contributed by atoms with Gasteiger partial charge in [-0.15, -0.1) is 0 Å². The zero-order valence-corrected chi connectivity index (χ0v) is 16.0. The average Bonchev–Trinajstić information content (AvgIpc) is 3.08. The van der Waals surface area contributed by atoms with Crippen LogP contribution in [0.25, 0.3) is 22.2 Å². The van der Waals surface area contributed by atoms with E-state index in [-0.39, 0.29) is 0 Å². The summed E-state index contributed by atoms with van der Waals surface area (Å²) in [5.41, 5.74) is 4.39. The van der Waals surface area contributed by atoms with Crippen molar-refractivity contribution in [1.82, 2.24) is 5.16 Å². The molecule has 1 heterocycles. The van der Waals surface area contributed by atoms with E-state index in [4.69, 9.17) is 9.26 Å². The first-order valence-electron chi connectivity index (χ1n) is 9.45. The predicted molar refractivity (Wildman–Crippen MR) is 105 cm³/mol. The monoisotopic (exact) mass is 367 g/mol. The van der Waals surface area contributed by atoms with Crippen LogP contribution in [0.15, 0.2) is 40.9 Å². The topological polar surface area (TPSA) is 72.6 Å². The van der Waals surface area contributed by atoms with E-state index in [1.807, 2.05) is 36.4 Å². The lowest BCUT2D eigenvalue weighted by molar-refractivity contribution is -0.144. The molecule has 0 saturated carbocycles. The van der Waals surface area contributed by atoms with E-state index >= 15 is 0 Å². The van der Waals surface area contributed by atoms with Crippen molar-refractivity contribution >= 4 is 16.9 Å². The number of carboxylic acids is 1. The smallest absolute Gasteiger partial charge is 0.344 e. The van der Waals surface area contributed by atoms with E-state index < -0.39 is 12.1 Å². The molecule has 27 heavy (non-hydrogen) atoms. The van der Waals surface area contributed by atoms with E-state index in [1.54, 1.807) is 6.92 Å². The fourth-order valence-electron chi connectivity index (χ4n) is 3.30. The Morgan fingerprint density at radius 1 is 1.19 bits per heavy atom. The molecule has 1 unspecified atom stereocenters. The van der Waals surface area contributed by atoms with Crippen molar-refractivity contribution in [3.63, 3.8) is 0 Å². The van der Waals surface area contributed by atoms with Crippen LogP contribution in [0.1, 0.15) is 44.7 Å². The Hall–Kier alpha value is -2.82. The van der Waals surface area contributed by atoms with Crippen molar-refractivity contribution in [3.05, 3.63) is 47.5 Å². The van der Waals surface area contributed by atoms with Gasteiger partial charge in [-0.2, -0.15) is 0 Å². The summed E-state index contributed by atoms with van der Waals surface area (Å²) in [7, 11) is 0. The van der Waals surface area contributed by atoms with Gasteiger partial charge >= 0.3 is 5.97 Å². The van der Waals surface area contributed by atoms with Gasteiger partial charge in [-0.3, -0.25) is 0 Å². The molecule has 3 aromatic rings. The number of rotatable bonds is 8. The predicted octanol–water partition coefficient (Wildman–Crippen LogP) is 5.25. The van der Waals surface area contributed by atoms with Crippen LogP contribution in [0, 0.1) is 0 Å². The molecule has 0 saturated heterocycles. The summed E-state index contributed by atoms with van der Waals surface area (Å²) in [4.78, 5) is 11.3. The maximum Gasteiger partial charge on any atom is 0.344 e. The second-order valence-electron chi connectivity index (χ2n) is 6.72. The Kier molecular flexibility index (Phi) is 5.79. The number of fused-ring (bicyclic) bond motifs is 1. The number of carbonyl (C=O) groups is 1. The van der Waals surface area contributed by atoms with Crippen molar-refractivity contribution in [2.75, 3.05) is 0 Å². The van der Waals surface area contributed by atoms with Gasteiger partial charge in [0, 0.05) is 11.1 Å². The van der Waals surface area contributed by atoms with Crippen LogP contribution in [-0.4, -0.2) is 22.3 Å². The number of benzene rings is 2. The van der Waals surface area contributed by atoms with E-state index in [0.29, 0.717) is 11.3 Å². The Balaban J connectivity index is 2.23. The molecule has 1 atom stereocenters. The molecule has 0 aliphatic rings. The zero-order chi connectivity index (χ0) is 19.4. The van der Waals surface area contributed by atoms with E-state index in [1.165, 1.54) is 0 Å². The first-order chi connectivity index (χ1) is 13.1. The highest BCUT2D eigenvalue weighted by Gasteiger charge is 2.24. The normalized spacial score (nSPS) is 12.3. The summed E-state index contributed by atoms with van der Waals surface area (Å²) < 4.78 is 11.6. The summed E-state index contributed by atoms with van der Waals surface area (Å²) in [5.74, 6) is -0.348. The van der Waals surface area contributed by atoms with Gasteiger partial charge in [0.15, 0.2) is 11.7 Å². The number of ether oxygens (including phenoxy) is 1. The number of aromatic nitrogens is 1. The van der Waals surface area contributed by atoms with Crippen molar-refractivity contribution in [2.45, 2.75) is 52.6 Å². The van der Waals surface area contributed by atoms with Crippen LogP contribution in [0.2, 0.25) is 0 Å². The lowest BCUT2D eigenvalue weighted by atomic mass is 9.96. The molecule has 0 fully saturated rings. The minimum Gasteiger partial charge on any atom is -0.479 e. The number of hydrogen-bond acceptors (Lipinski definition) is 4. The third-order valence-electron chi connectivity index (χ3n) is 4.60. The molecule has 0 bridgehead atoms. The Morgan fingerprint density at radius 2 is 1.89 bits per heavy atom. The fraction of sp³-hybridized carbons (Fsp3) is 0.364. The molecule has 0 aliphatic carbocycles. The SMILES string of the molecule is CCCc1cc2c(-c3ccccc3)noc2c(CCC)c1OC(C)C(=O)O. The van der Waals surface area contributed by atoms with E-state index in [9.17, 15) is 9.90 Å². The van der Waals surface area contributed by atoms with E-state index in [0.717, 1.165) is 53.5 Å². The van der Waals surface area contributed by atoms with Crippen molar-refractivity contribution in [1.29, 1.82) is 0 Å². The summed E-state index contributed by atoms with van der Waals surface area (Å²) in [6.45, 7) is 5.73. The highest BCUT2D eigenvalue weighted by Crippen LogP contribution is 2.39. The van der Waals surface area contributed by atoms with Crippen LogP contribution in [-0.2, 0) is 17.6 Å². The van der Waals surface area contributed by atoms with Gasteiger partial charge in [0.1, 0.15) is 11.4 Å². The number of nitrogens with zero attached hydrogens (tertiary/aromatic N) is 1. The zero-order valence-electron chi connectivity index (χ0n) is 16.0. The molecule has 5 heteroatoms.